The predicted octanol–water partition coefficient (Wildman–Crippen LogP) is 2.48. The number of nitrogens with one attached hydrogen (secondary N) is 2. The van der Waals surface area contributed by atoms with E-state index in [1.54, 1.807) is 6.20 Å². The van der Waals surface area contributed by atoms with Crippen LogP contribution in [0.1, 0.15) is 25.2 Å². The maximum atomic E-state index is 5.59. The van der Waals surface area contributed by atoms with Crippen molar-refractivity contribution in [3.05, 3.63) is 29.7 Å². The van der Waals surface area contributed by atoms with E-state index in [0.29, 0.717) is 6.54 Å². The zero-order valence-corrected chi connectivity index (χ0v) is 10.9. The lowest BCUT2D eigenvalue weighted by Gasteiger charge is -2.19. The van der Waals surface area contributed by atoms with E-state index in [2.05, 4.69) is 21.4 Å². The van der Waals surface area contributed by atoms with Crippen molar-refractivity contribution in [1.82, 2.24) is 15.5 Å². The summed E-state index contributed by atoms with van der Waals surface area (Å²) in [6.45, 7) is 6.48. The molecule has 0 saturated heterocycles. The molecule has 0 aliphatic rings. The van der Waals surface area contributed by atoms with Gasteiger partial charge < -0.3 is 4.42 Å². The second-order valence-corrected chi connectivity index (χ2v) is 4.80. The summed E-state index contributed by atoms with van der Waals surface area (Å²) >= 11 is 0. The van der Waals surface area contributed by atoms with E-state index in [4.69, 9.17) is 10.8 Å². The molecular formula is C14H17N3O. The average Bonchev–Trinajstić information content (AvgIpc) is 2.94. The molecular weight excluding hydrogens is 226 g/mol. The summed E-state index contributed by atoms with van der Waals surface area (Å²) in [5, 5.41) is 10.3. The van der Waals surface area contributed by atoms with Crippen LogP contribution in [0.4, 0.5) is 0 Å². The molecule has 4 heteroatoms. The zero-order chi connectivity index (χ0) is 13.2. The van der Waals surface area contributed by atoms with E-state index in [1.807, 2.05) is 32.9 Å². The molecule has 4 nitrogen and oxygen atoms in total. The van der Waals surface area contributed by atoms with Gasteiger partial charge in [-0.25, -0.2) is 0 Å². The summed E-state index contributed by atoms with van der Waals surface area (Å²) in [6, 6.07) is 3.86. The Morgan fingerprint density at radius 2 is 2.28 bits per heavy atom. The van der Waals surface area contributed by atoms with Crippen LogP contribution in [0.2, 0.25) is 0 Å². The first-order chi connectivity index (χ1) is 8.52. The minimum absolute atomic E-state index is 0.340. The normalized spacial score (nSPS) is 11.4. The van der Waals surface area contributed by atoms with Crippen LogP contribution in [0, 0.1) is 19.3 Å². The van der Waals surface area contributed by atoms with Crippen molar-refractivity contribution >= 4 is 0 Å². The van der Waals surface area contributed by atoms with Gasteiger partial charge in [-0.2, -0.15) is 5.10 Å². The first-order valence-electron chi connectivity index (χ1n) is 5.84. The maximum absolute atomic E-state index is 5.59. The third-order valence-corrected chi connectivity index (χ3v) is 2.79. The zero-order valence-electron chi connectivity index (χ0n) is 10.9. The van der Waals surface area contributed by atoms with Crippen LogP contribution >= 0.6 is 0 Å². The smallest absolute Gasteiger partial charge is 0.152 e. The van der Waals surface area contributed by atoms with Gasteiger partial charge in [0.15, 0.2) is 5.76 Å². The van der Waals surface area contributed by atoms with Crippen molar-refractivity contribution in [1.29, 1.82) is 0 Å². The van der Waals surface area contributed by atoms with Crippen LogP contribution in [-0.4, -0.2) is 15.7 Å². The molecule has 0 fully saturated rings. The van der Waals surface area contributed by atoms with Crippen LogP contribution in [0.3, 0.4) is 0 Å². The molecule has 0 atom stereocenters. The van der Waals surface area contributed by atoms with E-state index < -0.39 is 0 Å². The number of rotatable bonds is 4. The average molecular weight is 243 g/mol. The minimum atomic E-state index is -0.340. The Balaban J connectivity index is 2.17. The van der Waals surface area contributed by atoms with Crippen LogP contribution < -0.4 is 5.32 Å². The lowest BCUT2D eigenvalue weighted by molar-refractivity contribution is 0.490. The first-order valence-corrected chi connectivity index (χ1v) is 5.84. The van der Waals surface area contributed by atoms with E-state index in [-0.39, 0.29) is 5.54 Å². The molecule has 2 heterocycles. The molecule has 0 spiro atoms. The SMILES string of the molecule is C#CC(C)(C)NCc1cn[nH]c1-c1ccc(C)o1. The lowest BCUT2D eigenvalue weighted by atomic mass is 10.1. The number of aromatic nitrogens is 2. The second kappa shape index (κ2) is 4.71. The van der Waals surface area contributed by atoms with Gasteiger partial charge in [0.25, 0.3) is 0 Å². The summed E-state index contributed by atoms with van der Waals surface area (Å²) in [7, 11) is 0. The lowest BCUT2D eigenvalue weighted by Crippen LogP contribution is -2.36. The fourth-order valence-corrected chi connectivity index (χ4v) is 1.59. The molecule has 2 aromatic heterocycles. The fourth-order valence-electron chi connectivity index (χ4n) is 1.59. The highest BCUT2D eigenvalue weighted by Gasteiger charge is 2.16. The number of H-pyrrole nitrogens is 1. The van der Waals surface area contributed by atoms with Gasteiger partial charge in [0, 0.05) is 12.1 Å². The molecule has 0 bridgehead atoms. The highest BCUT2D eigenvalue weighted by atomic mass is 16.3. The van der Waals surface area contributed by atoms with E-state index in [0.717, 1.165) is 22.8 Å². The number of hydrogen-bond donors (Lipinski definition) is 2. The van der Waals surface area contributed by atoms with Gasteiger partial charge in [-0.1, -0.05) is 5.92 Å². The van der Waals surface area contributed by atoms with Crippen molar-refractivity contribution in [2.24, 2.45) is 0 Å². The summed E-state index contributed by atoms with van der Waals surface area (Å²) in [5.41, 5.74) is 1.59. The number of aromatic amines is 1. The number of furan rings is 1. The summed E-state index contributed by atoms with van der Waals surface area (Å²) in [6.07, 6.45) is 7.23. The molecule has 0 saturated carbocycles. The van der Waals surface area contributed by atoms with Gasteiger partial charge in [0.05, 0.1) is 11.7 Å². The second-order valence-electron chi connectivity index (χ2n) is 4.80. The van der Waals surface area contributed by atoms with Crippen LogP contribution in [0.5, 0.6) is 0 Å². The van der Waals surface area contributed by atoms with E-state index in [9.17, 15) is 0 Å². The van der Waals surface area contributed by atoms with Crippen molar-refractivity contribution in [3.63, 3.8) is 0 Å². The molecule has 0 unspecified atom stereocenters. The van der Waals surface area contributed by atoms with Gasteiger partial charge in [-0.15, -0.1) is 6.42 Å². The van der Waals surface area contributed by atoms with E-state index >= 15 is 0 Å². The third kappa shape index (κ3) is 2.63. The predicted molar refractivity (Wildman–Crippen MR) is 70.8 cm³/mol. The Labute approximate surface area is 107 Å². The molecule has 94 valence electrons. The van der Waals surface area contributed by atoms with Gasteiger partial charge in [0.1, 0.15) is 11.5 Å². The number of terminal acetylenes is 1. The standard InChI is InChI=1S/C14H17N3O/c1-5-14(3,4)15-8-11-9-16-17-13(11)12-7-6-10(2)18-12/h1,6-7,9,15H,8H2,2-4H3,(H,16,17). The fraction of sp³-hybridized carbons (Fsp3) is 0.357. The molecule has 0 aliphatic heterocycles. The van der Waals surface area contributed by atoms with E-state index in [1.165, 1.54) is 0 Å². The Morgan fingerprint density at radius 1 is 1.50 bits per heavy atom. The number of aryl methyl sites for hydroxylation is 1. The minimum Gasteiger partial charge on any atom is -0.460 e. The van der Waals surface area contributed by atoms with Gasteiger partial charge >= 0.3 is 0 Å². The van der Waals surface area contributed by atoms with Crippen molar-refractivity contribution in [3.8, 4) is 23.8 Å². The molecule has 0 amide bonds. The summed E-state index contributed by atoms with van der Waals surface area (Å²) in [5.74, 6) is 4.37. The van der Waals surface area contributed by atoms with Crippen LogP contribution in [-0.2, 0) is 6.54 Å². The van der Waals surface area contributed by atoms with Gasteiger partial charge in [-0.05, 0) is 32.9 Å². The quantitative estimate of drug-likeness (QED) is 0.811. The number of nitrogens with zero attached hydrogens (tertiary/aromatic N) is 1. The van der Waals surface area contributed by atoms with Crippen molar-refractivity contribution < 1.29 is 4.42 Å². The molecule has 0 radical (unpaired) electrons. The Bertz CT molecular complexity index is 572. The molecule has 18 heavy (non-hydrogen) atoms. The Morgan fingerprint density at radius 3 is 2.89 bits per heavy atom. The van der Waals surface area contributed by atoms with Crippen molar-refractivity contribution in [2.45, 2.75) is 32.9 Å². The first kappa shape index (κ1) is 12.5. The van der Waals surface area contributed by atoms with Crippen molar-refractivity contribution in [2.75, 3.05) is 0 Å². The van der Waals surface area contributed by atoms with Crippen LogP contribution in [0.15, 0.2) is 22.7 Å². The highest BCUT2D eigenvalue weighted by molar-refractivity contribution is 5.56. The molecule has 2 N–H and O–H groups in total. The Hall–Kier alpha value is -1.99. The monoisotopic (exact) mass is 243 g/mol. The van der Waals surface area contributed by atoms with Gasteiger partial charge in [0.2, 0.25) is 0 Å². The topological polar surface area (TPSA) is 53.9 Å². The van der Waals surface area contributed by atoms with Crippen LogP contribution in [0.25, 0.3) is 11.5 Å². The Kier molecular flexibility index (Phi) is 3.26. The molecule has 0 aromatic carbocycles. The highest BCUT2D eigenvalue weighted by Crippen LogP contribution is 2.23. The summed E-state index contributed by atoms with van der Waals surface area (Å²) in [4.78, 5) is 0. The van der Waals surface area contributed by atoms with Gasteiger partial charge in [-0.3, -0.25) is 10.4 Å². The maximum Gasteiger partial charge on any atom is 0.152 e. The largest absolute Gasteiger partial charge is 0.460 e. The molecule has 0 aliphatic carbocycles. The molecule has 2 aromatic rings. The molecule has 2 rings (SSSR count). The summed E-state index contributed by atoms with van der Waals surface area (Å²) < 4.78 is 5.59. The third-order valence-electron chi connectivity index (χ3n) is 2.79. The number of hydrogen-bond acceptors (Lipinski definition) is 3.